The van der Waals surface area contributed by atoms with E-state index in [1.165, 1.54) is 21.3 Å². The van der Waals surface area contributed by atoms with Crippen LogP contribution in [-0.4, -0.2) is 57.8 Å². The van der Waals surface area contributed by atoms with E-state index in [1.54, 1.807) is 18.2 Å². The van der Waals surface area contributed by atoms with Gasteiger partial charge in [-0.05, 0) is 24.1 Å². The lowest BCUT2D eigenvalue weighted by Gasteiger charge is -2.22. The molecule has 2 N–H and O–H groups in total. The Balaban J connectivity index is 2.99. The van der Waals surface area contributed by atoms with Crippen molar-refractivity contribution in [2.24, 2.45) is 0 Å². The maximum Gasteiger partial charge on any atom is 0.407 e. The van der Waals surface area contributed by atoms with E-state index < -0.39 is 24.2 Å². The zero-order valence-electron chi connectivity index (χ0n) is 13.5. The van der Waals surface area contributed by atoms with E-state index in [9.17, 15) is 14.7 Å². The highest BCUT2D eigenvalue weighted by atomic mass is 16.5. The number of esters is 1. The fourth-order valence-corrected chi connectivity index (χ4v) is 2.00. The Kier molecular flexibility index (Phi) is 7.14. The lowest BCUT2D eigenvalue weighted by atomic mass is 10.0. The molecule has 0 fully saturated rings. The first-order valence-electron chi connectivity index (χ1n) is 6.78. The van der Waals surface area contributed by atoms with Crippen molar-refractivity contribution in [1.29, 1.82) is 0 Å². The Bertz CT molecular complexity index is 547. The van der Waals surface area contributed by atoms with Gasteiger partial charge in [0, 0.05) is 0 Å². The molecule has 0 bridgehead atoms. The predicted molar refractivity (Wildman–Crippen MR) is 80.6 cm³/mol. The van der Waals surface area contributed by atoms with Crippen molar-refractivity contribution >= 4 is 12.1 Å². The van der Waals surface area contributed by atoms with Gasteiger partial charge in [-0.3, -0.25) is 0 Å². The predicted octanol–water partition coefficient (Wildman–Crippen LogP) is 0.505. The number of carbonyl (C=O) groups excluding carboxylic acids is 2. The van der Waals surface area contributed by atoms with Crippen LogP contribution in [0.2, 0.25) is 0 Å². The summed E-state index contributed by atoms with van der Waals surface area (Å²) in [6, 6.07) is 4.19. The maximum absolute atomic E-state index is 11.5. The van der Waals surface area contributed by atoms with E-state index in [1.807, 2.05) is 0 Å². The third kappa shape index (κ3) is 5.03. The zero-order valence-corrected chi connectivity index (χ0v) is 13.5. The zero-order chi connectivity index (χ0) is 17.4. The van der Waals surface area contributed by atoms with Crippen LogP contribution in [0.5, 0.6) is 11.5 Å². The second-order valence-electron chi connectivity index (χ2n) is 4.60. The number of hydrogen-bond donors (Lipinski definition) is 2. The first-order valence-corrected chi connectivity index (χ1v) is 6.78. The first-order chi connectivity index (χ1) is 11.0. The minimum Gasteiger partial charge on any atom is -0.493 e. The molecule has 8 heteroatoms. The molecule has 2 atom stereocenters. The van der Waals surface area contributed by atoms with Crippen LogP contribution in [0.15, 0.2) is 18.2 Å². The van der Waals surface area contributed by atoms with Crippen LogP contribution in [0.3, 0.4) is 0 Å². The minimum absolute atomic E-state index is 0.158. The van der Waals surface area contributed by atoms with Crippen molar-refractivity contribution < 1.29 is 33.6 Å². The van der Waals surface area contributed by atoms with Crippen molar-refractivity contribution in [3.63, 3.8) is 0 Å². The molecule has 128 valence electrons. The van der Waals surface area contributed by atoms with Gasteiger partial charge in [0.2, 0.25) is 0 Å². The Hall–Kier alpha value is -2.48. The third-order valence-corrected chi connectivity index (χ3v) is 3.22. The van der Waals surface area contributed by atoms with Crippen LogP contribution in [-0.2, 0) is 20.7 Å². The summed E-state index contributed by atoms with van der Waals surface area (Å²) < 4.78 is 19.3. The average Bonchev–Trinajstić information content (AvgIpc) is 2.59. The highest BCUT2D eigenvalue weighted by molar-refractivity contribution is 5.77. The molecule has 0 heterocycles. The van der Waals surface area contributed by atoms with Gasteiger partial charge in [-0.2, -0.15) is 0 Å². The number of aliphatic hydroxyl groups excluding tert-OH is 1. The number of rotatable bonds is 7. The summed E-state index contributed by atoms with van der Waals surface area (Å²) in [5.41, 5.74) is 0.715. The number of ether oxygens (including phenoxy) is 4. The number of hydrogen-bond acceptors (Lipinski definition) is 7. The SMILES string of the molecule is COC(=O)NC(Cc1ccc(OC)c(OC)c1)C(O)C(=O)OC. The number of benzene rings is 1. The molecule has 0 saturated heterocycles. The molecule has 23 heavy (non-hydrogen) atoms. The van der Waals surface area contributed by atoms with Gasteiger partial charge in [-0.1, -0.05) is 6.07 Å². The van der Waals surface area contributed by atoms with Crippen LogP contribution in [0, 0.1) is 0 Å². The molecule has 0 aromatic heterocycles. The van der Waals surface area contributed by atoms with E-state index in [4.69, 9.17) is 9.47 Å². The Labute approximate surface area is 134 Å². The largest absolute Gasteiger partial charge is 0.493 e. The van der Waals surface area contributed by atoms with Crippen molar-refractivity contribution in [3.8, 4) is 11.5 Å². The molecule has 0 aliphatic heterocycles. The van der Waals surface area contributed by atoms with Crippen molar-refractivity contribution in [3.05, 3.63) is 23.8 Å². The van der Waals surface area contributed by atoms with E-state index in [-0.39, 0.29) is 6.42 Å². The summed E-state index contributed by atoms with van der Waals surface area (Å²) in [4.78, 5) is 22.9. The van der Waals surface area contributed by atoms with Crippen LogP contribution in [0.1, 0.15) is 5.56 Å². The molecule has 0 aliphatic rings. The molecule has 0 saturated carbocycles. The summed E-state index contributed by atoms with van der Waals surface area (Å²) >= 11 is 0. The molecular formula is C15H21NO7. The van der Waals surface area contributed by atoms with Gasteiger partial charge >= 0.3 is 12.1 Å². The maximum atomic E-state index is 11.5. The fraction of sp³-hybridized carbons (Fsp3) is 0.467. The van der Waals surface area contributed by atoms with Crippen LogP contribution >= 0.6 is 0 Å². The molecule has 0 radical (unpaired) electrons. The van der Waals surface area contributed by atoms with Crippen LogP contribution in [0.25, 0.3) is 0 Å². The van der Waals surface area contributed by atoms with Gasteiger partial charge in [0.1, 0.15) is 0 Å². The van der Waals surface area contributed by atoms with Crippen LogP contribution in [0.4, 0.5) is 4.79 Å². The van der Waals surface area contributed by atoms with Crippen molar-refractivity contribution in [1.82, 2.24) is 5.32 Å². The van der Waals surface area contributed by atoms with Gasteiger partial charge in [0.15, 0.2) is 17.6 Å². The molecule has 1 rings (SSSR count). The van der Waals surface area contributed by atoms with Gasteiger partial charge in [0.05, 0.1) is 34.5 Å². The second-order valence-corrected chi connectivity index (χ2v) is 4.60. The Morgan fingerprint density at radius 2 is 1.74 bits per heavy atom. The van der Waals surface area contributed by atoms with E-state index in [0.717, 1.165) is 7.11 Å². The first kappa shape index (κ1) is 18.6. The normalized spacial score (nSPS) is 12.7. The molecule has 1 aromatic carbocycles. The van der Waals surface area contributed by atoms with Gasteiger partial charge in [-0.25, -0.2) is 9.59 Å². The topological polar surface area (TPSA) is 103 Å². The standard InChI is InChI=1S/C15H21NO7/c1-20-11-6-5-9(8-12(11)21-2)7-10(16-15(19)23-4)13(17)14(18)22-3/h5-6,8,10,13,17H,7H2,1-4H3,(H,16,19). The summed E-state index contributed by atoms with van der Waals surface area (Å²) in [5.74, 6) is 0.184. The summed E-state index contributed by atoms with van der Waals surface area (Å²) in [6.45, 7) is 0. The smallest absolute Gasteiger partial charge is 0.407 e. The molecule has 8 nitrogen and oxygen atoms in total. The monoisotopic (exact) mass is 327 g/mol. The average molecular weight is 327 g/mol. The van der Waals surface area contributed by atoms with Gasteiger partial charge in [0.25, 0.3) is 0 Å². The molecular weight excluding hydrogens is 306 g/mol. The Morgan fingerprint density at radius 1 is 1.09 bits per heavy atom. The van der Waals surface area contributed by atoms with Crippen LogP contribution < -0.4 is 14.8 Å². The fourth-order valence-electron chi connectivity index (χ4n) is 2.00. The number of methoxy groups -OCH3 is 4. The molecule has 2 unspecified atom stereocenters. The highest BCUT2D eigenvalue weighted by Crippen LogP contribution is 2.28. The molecule has 1 aromatic rings. The quantitative estimate of drug-likeness (QED) is 0.703. The number of carbonyl (C=O) groups is 2. The Morgan fingerprint density at radius 3 is 2.26 bits per heavy atom. The third-order valence-electron chi connectivity index (χ3n) is 3.22. The highest BCUT2D eigenvalue weighted by Gasteiger charge is 2.29. The van der Waals surface area contributed by atoms with Gasteiger partial charge in [-0.15, -0.1) is 0 Å². The summed E-state index contributed by atoms with van der Waals surface area (Å²) in [6.07, 6.45) is -2.14. The number of nitrogens with one attached hydrogen (secondary N) is 1. The van der Waals surface area contributed by atoms with Gasteiger partial charge < -0.3 is 29.4 Å². The summed E-state index contributed by atoms with van der Waals surface area (Å²) in [5, 5.41) is 12.4. The second kappa shape index (κ2) is 8.84. The van der Waals surface area contributed by atoms with E-state index >= 15 is 0 Å². The lowest BCUT2D eigenvalue weighted by Crippen LogP contribution is -2.48. The number of amides is 1. The number of alkyl carbamates (subject to hydrolysis) is 1. The molecule has 0 aliphatic carbocycles. The lowest BCUT2D eigenvalue weighted by molar-refractivity contribution is -0.151. The molecule has 1 amide bonds. The number of aliphatic hydroxyl groups is 1. The van der Waals surface area contributed by atoms with E-state index in [0.29, 0.717) is 17.1 Å². The minimum atomic E-state index is -1.54. The molecule has 0 spiro atoms. The van der Waals surface area contributed by atoms with E-state index in [2.05, 4.69) is 14.8 Å². The van der Waals surface area contributed by atoms with Crippen molar-refractivity contribution in [2.75, 3.05) is 28.4 Å². The van der Waals surface area contributed by atoms with Crippen molar-refractivity contribution in [2.45, 2.75) is 18.6 Å². The summed E-state index contributed by atoms with van der Waals surface area (Å²) in [7, 11) is 5.35.